The maximum atomic E-state index is 13.2. The van der Waals surface area contributed by atoms with E-state index >= 15 is 0 Å². The van der Waals surface area contributed by atoms with Crippen LogP contribution in [0.4, 0.5) is 10.1 Å². The molecule has 0 saturated carbocycles. The van der Waals surface area contributed by atoms with Gasteiger partial charge in [-0.25, -0.2) is 4.39 Å². The third-order valence-corrected chi connectivity index (χ3v) is 2.69. The van der Waals surface area contributed by atoms with E-state index in [1.807, 2.05) is 6.92 Å². The van der Waals surface area contributed by atoms with Gasteiger partial charge in [0.2, 0.25) is 5.91 Å². The van der Waals surface area contributed by atoms with Crippen LogP contribution in [0.25, 0.3) is 0 Å². The average molecular weight is 321 g/mol. The molecule has 0 fully saturated rings. The number of halogens is 2. The molecule has 0 aromatic heterocycles. The Morgan fingerprint density at radius 1 is 1.48 bits per heavy atom. The summed E-state index contributed by atoms with van der Waals surface area (Å²) in [5.74, 6) is -0.344. The molecule has 5 nitrogen and oxygen atoms in total. The van der Waals surface area contributed by atoms with Crippen LogP contribution in [0.3, 0.4) is 0 Å². The molecule has 0 aliphatic heterocycles. The number of carbonyl (C=O) groups excluding carboxylic acids is 1. The molecule has 1 aromatic carbocycles. The largest absolute Gasteiger partial charge is 0.491 e. The number of nitrogens with two attached hydrogens (primary N) is 1. The number of benzene rings is 1. The monoisotopic (exact) mass is 320 g/mol. The second-order valence-corrected chi connectivity index (χ2v) is 4.33. The standard InChI is InChI=1S/C14H21FN2O3.ClH/c1-3-6-20-13-7-10(15)4-5-12(13)17-14(18)8-11(9-16)19-2;/h4-5,7,11H,3,6,8-9,16H2,1-2H3,(H,17,18);1H. The lowest BCUT2D eigenvalue weighted by molar-refractivity contribution is -0.118. The Labute approximate surface area is 130 Å². The van der Waals surface area contributed by atoms with Crippen LogP contribution in [0.5, 0.6) is 5.75 Å². The Kier molecular flexibility index (Phi) is 9.69. The molecule has 21 heavy (non-hydrogen) atoms. The Bertz CT molecular complexity index is 442. The van der Waals surface area contributed by atoms with Crippen LogP contribution in [0.2, 0.25) is 0 Å². The molecule has 0 saturated heterocycles. The zero-order valence-electron chi connectivity index (χ0n) is 12.2. The predicted octanol–water partition coefficient (Wildman–Crippen LogP) is 2.34. The number of anilines is 1. The molecule has 1 amide bonds. The minimum Gasteiger partial charge on any atom is -0.491 e. The van der Waals surface area contributed by atoms with Crippen LogP contribution in [0, 0.1) is 5.82 Å². The van der Waals surface area contributed by atoms with Gasteiger partial charge < -0.3 is 20.5 Å². The summed E-state index contributed by atoms with van der Waals surface area (Å²) < 4.78 is 23.7. The lowest BCUT2D eigenvalue weighted by atomic mass is 10.2. The first-order valence-corrected chi connectivity index (χ1v) is 6.55. The molecule has 3 N–H and O–H groups in total. The lowest BCUT2D eigenvalue weighted by Crippen LogP contribution is -2.28. The fourth-order valence-electron chi connectivity index (χ4n) is 1.60. The number of carbonyl (C=O) groups is 1. The van der Waals surface area contributed by atoms with E-state index in [9.17, 15) is 9.18 Å². The van der Waals surface area contributed by atoms with E-state index < -0.39 is 5.82 Å². The highest BCUT2D eigenvalue weighted by Crippen LogP contribution is 2.25. The van der Waals surface area contributed by atoms with E-state index in [4.69, 9.17) is 15.2 Å². The Morgan fingerprint density at radius 3 is 2.76 bits per heavy atom. The van der Waals surface area contributed by atoms with Crippen LogP contribution in [-0.2, 0) is 9.53 Å². The Morgan fingerprint density at radius 2 is 2.19 bits per heavy atom. The van der Waals surface area contributed by atoms with E-state index in [1.54, 1.807) is 0 Å². The first-order chi connectivity index (χ1) is 9.60. The van der Waals surface area contributed by atoms with Crippen LogP contribution in [0.1, 0.15) is 19.8 Å². The summed E-state index contributed by atoms with van der Waals surface area (Å²) in [5.41, 5.74) is 5.90. The highest BCUT2D eigenvalue weighted by atomic mass is 35.5. The topological polar surface area (TPSA) is 73.6 Å². The summed E-state index contributed by atoms with van der Waals surface area (Å²) in [5, 5.41) is 2.68. The number of nitrogens with one attached hydrogen (secondary N) is 1. The smallest absolute Gasteiger partial charge is 0.227 e. The highest BCUT2D eigenvalue weighted by molar-refractivity contribution is 5.92. The van der Waals surface area contributed by atoms with Crippen molar-refractivity contribution in [1.29, 1.82) is 0 Å². The highest BCUT2D eigenvalue weighted by Gasteiger charge is 2.14. The van der Waals surface area contributed by atoms with Gasteiger partial charge in [0.1, 0.15) is 11.6 Å². The van der Waals surface area contributed by atoms with Crippen molar-refractivity contribution in [2.24, 2.45) is 5.73 Å². The van der Waals surface area contributed by atoms with Crippen LogP contribution in [0.15, 0.2) is 18.2 Å². The fourth-order valence-corrected chi connectivity index (χ4v) is 1.60. The second kappa shape index (κ2) is 10.4. The number of hydrogen-bond acceptors (Lipinski definition) is 4. The number of amides is 1. The van der Waals surface area contributed by atoms with E-state index in [2.05, 4.69) is 5.32 Å². The molecular weight excluding hydrogens is 299 g/mol. The van der Waals surface area contributed by atoms with Crippen molar-refractivity contribution in [3.05, 3.63) is 24.0 Å². The van der Waals surface area contributed by atoms with Crippen molar-refractivity contribution in [1.82, 2.24) is 0 Å². The van der Waals surface area contributed by atoms with E-state index in [0.29, 0.717) is 18.0 Å². The van der Waals surface area contributed by atoms with Crippen molar-refractivity contribution >= 4 is 24.0 Å². The maximum Gasteiger partial charge on any atom is 0.227 e. The summed E-state index contributed by atoms with van der Waals surface area (Å²) in [7, 11) is 1.50. The molecule has 0 aliphatic carbocycles. The number of methoxy groups -OCH3 is 1. The molecule has 0 heterocycles. The SMILES string of the molecule is CCCOc1cc(F)ccc1NC(=O)CC(CN)OC.Cl. The molecule has 0 radical (unpaired) electrons. The number of rotatable bonds is 8. The van der Waals surface area contributed by atoms with E-state index in [0.717, 1.165) is 6.42 Å². The van der Waals surface area contributed by atoms with Crippen molar-refractivity contribution in [3.8, 4) is 5.75 Å². The summed E-state index contributed by atoms with van der Waals surface area (Å²) in [6.45, 7) is 2.66. The van der Waals surface area contributed by atoms with Crippen molar-refractivity contribution in [2.45, 2.75) is 25.9 Å². The van der Waals surface area contributed by atoms with Crippen molar-refractivity contribution < 1.29 is 18.7 Å². The minimum absolute atomic E-state index is 0. The molecule has 0 bridgehead atoms. The average Bonchev–Trinajstić information content (AvgIpc) is 2.44. The number of hydrogen-bond donors (Lipinski definition) is 2. The van der Waals surface area contributed by atoms with Crippen LogP contribution in [-0.4, -0.2) is 32.3 Å². The molecule has 1 atom stereocenters. The molecular formula is C14H22ClFN2O3. The molecule has 7 heteroatoms. The van der Waals surface area contributed by atoms with Gasteiger partial charge in [-0.2, -0.15) is 0 Å². The maximum absolute atomic E-state index is 13.2. The van der Waals surface area contributed by atoms with Gasteiger partial charge in [0.25, 0.3) is 0 Å². The lowest BCUT2D eigenvalue weighted by Gasteiger charge is -2.15. The normalized spacial score (nSPS) is 11.4. The van der Waals surface area contributed by atoms with Gasteiger partial charge in [0.05, 0.1) is 24.8 Å². The Hall–Kier alpha value is -1.37. The third kappa shape index (κ3) is 6.75. The van der Waals surface area contributed by atoms with Crippen molar-refractivity contribution in [3.63, 3.8) is 0 Å². The van der Waals surface area contributed by atoms with Gasteiger partial charge in [-0.3, -0.25) is 4.79 Å². The van der Waals surface area contributed by atoms with Gasteiger partial charge in [0.15, 0.2) is 0 Å². The molecule has 1 unspecified atom stereocenters. The molecule has 1 aromatic rings. The van der Waals surface area contributed by atoms with Gasteiger partial charge in [0, 0.05) is 19.7 Å². The molecule has 1 rings (SSSR count). The van der Waals surface area contributed by atoms with Crippen LogP contribution >= 0.6 is 12.4 Å². The summed E-state index contributed by atoms with van der Waals surface area (Å²) in [4.78, 5) is 11.9. The van der Waals surface area contributed by atoms with Gasteiger partial charge in [-0.1, -0.05) is 6.92 Å². The first-order valence-electron chi connectivity index (χ1n) is 6.55. The van der Waals surface area contributed by atoms with E-state index in [-0.39, 0.29) is 37.4 Å². The molecule has 0 aliphatic rings. The predicted molar refractivity (Wildman–Crippen MR) is 82.5 cm³/mol. The summed E-state index contributed by atoms with van der Waals surface area (Å²) >= 11 is 0. The van der Waals surface area contributed by atoms with Gasteiger partial charge in [-0.15, -0.1) is 12.4 Å². The van der Waals surface area contributed by atoms with Gasteiger partial charge >= 0.3 is 0 Å². The summed E-state index contributed by atoms with van der Waals surface area (Å²) in [6, 6.07) is 4.00. The zero-order chi connectivity index (χ0) is 15.0. The molecule has 0 spiro atoms. The molecule has 120 valence electrons. The number of ether oxygens (including phenoxy) is 2. The van der Waals surface area contributed by atoms with E-state index in [1.165, 1.54) is 25.3 Å². The quantitative estimate of drug-likeness (QED) is 0.771. The minimum atomic E-state index is -0.411. The first kappa shape index (κ1) is 19.6. The third-order valence-electron chi connectivity index (χ3n) is 2.69. The zero-order valence-corrected chi connectivity index (χ0v) is 13.0. The second-order valence-electron chi connectivity index (χ2n) is 4.33. The van der Waals surface area contributed by atoms with Gasteiger partial charge in [-0.05, 0) is 18.6 Å². The van der Waals surface area contributed by atoms with Crippen LogP contribution < -0.4 is 15.8 Å². The van der Waals surface area contributed by atoms with Crippen molar-refractivity contribution in [2.75, 3.05) is 25.6 Å². The Balaban J connectivity index is 0.00000400. The fraction of sp³-hybridized carbons (Fsp3) is 0.500. The summed E-state index contributed by atoms with van der Waals surface area (Å²) in [6.07, 6.45) is 0.593.